The van der Waals surface area contributed by atoms with Gasteiger partial charge >= 0.3 is 0 Å². The van der Waals surface area contributed by atoms with E-state index >= 15 is 0 Å². The molecule has 0 atom stereocenters. The van der Waals surface area contributed by atoms with Crippen molar-refractivity contribution in [3.63, 3.8) is 0 Å². The molecule has 2 aromatic carbocycles. The van der Waals surface area contributed by atoms with Gasteiger partial charge in [0.15, 0.2) is 0 Å². The molecular weight excluding hydrogens is 264 g/mol. The third kappa shape index (κ3) is 2.22. The fourth-order valence-electron chi connectivity index (χ4n) is 2.13. The van der Waals surface area contributed by atoms with Gasteiger partial charge in [0.1, 0.15) is 23.1 Å². The Bertz CT molecular complexity index is 665. The van der Waals surface area contributed by atoms with E-state index in [1.54, 1.807) is 18.2 Å². The molecule has 1 amide bonds. The summed E-state index contributed by atoms with van der Waals surface area (Å²) >= 11 is 0. The van der Waals surface area contributed by atoms with Crippen LogP contribution in [0.1, 0.15) is 15.9 Å². The quantitative estimate of drug-likeness (QED) is 0.914. The predicted molar refractivity (Wildman–Crippen MR) is 70.0 cm³/mol. The minimum absolute atomic E-state index is 0.344. The van der Waals surface area contributed by atoms with Crippen molar-refractivity contribution in [2.24, 2.45) is 0 Å². The number of nitrogens with one attached hydrogen (secondary N) is 1. The maximum absolute atomic E-state index is 13.5. The van der Waals surface area contributed by atoms with E-state index in [4.69, 9.17) is 4.74 Å². The van der Waals surface area contributed by atoms with Crippen LogP contribution >= 0.6 is 0 Å². The van der Waals surface area contributed by atoms with Crippen LogP contribution in [0.5, 0.6) is 5.75 Å². The van der Waals surface area contributed by atoms with Crippen molar-refractivity contribution in [2.75, 3.05) is 11.9 Å². The zero-order valence-corrected chi connectivity index (χ0v) is 10.5. The lowest BCUT2D eigenvalue weighted by Gasteiger charge is -2.08. The number of anilines is 1. The lowest BCUT2D eigenvalue weighted by atomic mass is 10.1. The molecule has 2 aromatic rings. The molecule has 1 aliphatic heterocycles. The molecule has 0 spiro atoms. The minimum atomic E-state index is -0.803. The number of halogens is 2. The summed E-state index contributed by atoms with van der Waals surface area (Å²) in [5.41, 5.74) is 0.831. The lowest BCUT2D eigenvalue weighted by Crippen LogP contribution is -2.14. The van der Waals surface area contributed by atoms with Crippen LogP contribution in [-0.4, -0.2) is 12.5 Å². The summed E-state index contributed by atoms with van der Waals surface area (Å²) in [5, 5.41) is 2.26. The van der Waals surface area contributed by atoms with Crippen LogP contribution in [0, 0.1) is 11.6 Å². The summed E-state index contributed by atoms with van der Waals surface area (Å²) in [6.45, 7) is 0.586. The van der Waals surface area contributed by atoms with Crippen LogP contribution < -0.4 is 10.1 Å². The number of hydrogen-bond donors (Lipinski definition) is 1. The van der Waals surface area contributed by atoms with Crippen molar-refractivity contribution in [3.8, 4) is 5.75 Å². The number of fused-ring (bicyclic) bond motifs is 1. The van der Waals surface area contributed by atoms with Gasteiger partial charge in [0.05, 0.1) is 6.61 Å². The first-order valence-corrected chi connectivity index (χ1v) is 6.16. The number of hydrogen-bond acceptors (Lipinski definition) is 2. The van der Waals surface area contributed by atoms with Crippen LogP contribution in [0.2, 0.25) is 0 Å². The molecule has 102 valence electrons. The average Bonchev–Trinajstić information content (AvgIpc) is 2.90. The van der Waals surface area contributed by atoms with E-state index in [9.17, 15) is 13.6 Å². The molecule has 1 heterocycles. The molecule has 0 unspecified atom stereocenters. The molecule has 0 fully saturated rings. The van der Waals surface area contributed by atoms with Crippen LogP contribution in [0.4, 0.5) is 14.5 Å². The second-order valence-electron chi connectivity index (χ2n) is 4.47. The van der Waals surface area contributed by atoms with Gasteiger partial charge in [-0.2, -0.15) is 0 Å². The summed E-state index contributed by atoms with van der Waals surface area (Å²) in [4.78, 5) is 12.0. The third-order valence-electron chi connectivity index (χ3n) is 3.15. The molecule has 3 rings (SSSR count). The average molecular weight is 275 g/mol. The van der Waals surface area contributed by atoms with Crippen LogP contribution in [-0.2, 0) is 6.42 Å². The lowest BCUT2D eigenvalue weighted by molar-refractivity contribution is 0.102. The highest BCUT2D eigenvalue weighted by Gasteiger charge is 2.17. The van der Waals surface area contributed by atoms with E-state index in [-0.39, 0.29) is 0 Å². The Kier molecular flexibility index (Phi) is 3.10. The summed E-state index contributed by atoms with van der Waals surface area (Å²) in [7, 11) is 0. The number of carbonyl (C=O) groups excluding carboxylic acids is 1. The smallest absolute Gasteiger partial charge is 0.255 e. The number of rotatable bonds is 2. The summed E-state index contributed by atoms with van der Waals surface area (Å²) in [6.07, 6.45) is 0.727. The standard InChI is InChI=1S/C15H11F2NO2/c16-11-2-1-3-12(17)14(11)18-15(19)10-4-5-13-9(8-10)6-7-20-13/h1-5,8H,6-7H2,(H,18,19). The van der Waals surface area contributed by atoms with Gasteiger partial charge in [0.2, 0.25) is 0 Å². The van der Waals surface area contributed by atoms with E-state index in [2.05, 4.69) is 5.32 Å². The third-order valence-corrected chi connectivity index (χ3v) is 3.15. The van der Waals surface area contributed by atoms with E-state index in [1.165, 1.54) is 6.07 Å². The maximum Gasteiger partial charge on any atom is 0.255 e. The molecule has 20 heavy (non-hydrogen) atoms. The monoisotopic (exact) mass is 275 g/mol. The first-order chi connectivity index (χ1) is 9.65. The highest BCUT2D eigenvalue weighted by molar-refractivity contribution is 6.04. The molecule has 0 aromatic heterocycles. The van der Waals surface area contributed by atoms with Crippen LogP contribution in [0.3, 0.4) is 0 Å². The highest BCUT2D eigenvalue weighted by atomic mass is 19.1. The second kappa shape index (κ2) is 4.92. The Morgan fingerprint density at radius 1 is 1.15 bits per heavy atom. The van der Waals surface area contributed by atoms with Gasteiger partial charge < -0.3 is 10.1 Å². The van der Waals surface area contributed by atoms with Crippen molar-refractivity contribution in [1.82, 2.24) is 0 Å². The zero-order chi connectivity index (χ0) is 14.1. The van der Waals surface area contributed by atoms with Crippen molar-refractivity contribution in [2.45, 2.75) is 6.42 Å². The number of para-hydroxylation sites is 1. The van der Waals surface area contributed by atoms with Crippen molar-refractivity contribution in [3.05, 3.63) is 59.2 Å². The number of benzene rings is 2. The number of amides is 1. The molecule has 0 bridgehead atoms. The summed E-state index contributed by atoms with van der Waals surface area (Å²) in [6, 6.07) is 8.36. The Hall–Kier alpha value is -2.43. The van der Waals surface area contributed by atoms with Gasteiger partial charge in [-0.15, -0.1) is 0 Å². The van der Waals surface area contributed by atoms with E-state index in [0.29, 0.717) is 12.2 Å². The van der Waals surface area contributed by atoms with Gasteiger partial charge in [-0.05, 0) is 35.9 Å². The Morgan fingerprint density at radius 3 is 2.65 bits per heavy atom. The summed E-state index contributed by atoms with van der Waals surface area (Å²) in [5.74, 6) is -1.41. The van der Waals surface area contributed by atoms with E-state index in [0.717, 1.165) is 29.9 Å². The largest absolute Gasteiger partial charge is 0.493 e. The van der Waals surface area contributed by atoms with Crippen molar-refractivity contribution >= 4 is 11.6 Å². The first kappa shape index (κ1) is 12.6. The van der Waals surface area contributed by atoms with Crippen molar-refractivity contribution < 1.29 is 18.3 Å². The summed E-state index contributed by atoms with van der Waals surface area (Å²) < 4.78 is 32.3. The normalized spacial score (nSPS) is 12.7. The molecule has 0 saturated carbocycles. The molecule has 1 N–H and O–H groups in total. The molecule has 0 radical (unpaired) electrons. The van der Waals surface area contributed by atoms with E-state index in [1.807, 2.05) is 0 Å². The van der Waals surface area contributed by atoms with Gasteiger partial charge in [-0.1, -0.05) is 6.07 Å². The fraction of sp³-hybridized carbons (Fsp3) is 0.133. The van der Waals surface area contributed by atoms with Crippen LogP contribution in [0.15, 0.2) is 36.4 Å². The fourth-order valence-corrected chi connectivity index (χ4v) is 2.13. The molecule has 5 heteroatoms. The zero-order valence-electron chi connectivity index (χ0n) is 10.5. The predicted octanol–water partition coefficient (Wildman–Crippen LogP) is 3.15. The van der Waals surface area contributed by atoms with Gasteiger partial charge in [-0.25, -0.2) is 8.78 Å². The molecule has 1 aliphatic rings. The van der Waals surface area contributed by atoms with Crippen LogP contribution in [0.25, 0.3) is 0 Å². The SMILES string of the molecule is O=C(Nc1c(F)cccc1F)c1ccc2c(c1)CCO2. The Morgan fingerprint density at radius 2 is 1.90 bits per heavy atom. The van der Waals surface area contributed by atoms with Gasteiger partial charge in [0, 0.05) is 12.0 Å². The molecule has 0 aliphatic carbocycles. The topological polar surface area (TPSA) is 38.3 Å². The Balaban J connectivity index is 1.86. The number of carbonyl (C=O) groups is 1. The highest BCUT2D eigenvalue weighted by Crippen LogP contribution is 2.26. The van der Waals surface area contributed by atoms with Gasteiger partial charge in [0.25, 0.3) is 5.91 Å². The van der Waals surface area contributed by atoms with Gasteiger partial charge in [-0.3, -0.25) is 4.79 Å². The minimum Gasteiger partial charge on any atom is -0.493 e. The molecule has 0 saturated heterocycles. The maximum atomic E-state index is 13.5. The first-order valence-electron chi connectivity index (χ1n) is 6.16. The van der Waals surface area contributed by atoms with Crippen molar-refractivity contribution in [1.29, 1.82) is 0 Å². The molecular formula is C15H11F2NO2. The van der Waals surface area contributed by atoms with E-state index < -0.39 is 23.2 Å². The Labute approximate surface area is 114 Å². The number of ether oxygens (including phenoxy) is 1. The molecule has 3 nitrogen and oxygen atoms in total. The second-order valence-corrected chi connectivity index (χ2v) is 4.47.